The number of likely N-dealkylation sites (N-methyl/N-ethyl adjacent to an activating group) is 1. The van der Waals surface area contributed by atoms with E-state index in [1.54, 1.807) is 19.9 Å². The van der Waals surface area contributed by atoms with Gasteiger partial charge < -0.3 is 53.7 Å². The highest BCUT2D eigenvalue weighted by molar-refractivity contribution is 5.91. The minimum Gasteiger partial charge on any atom is -0.456 e. The van der Waals surface area contributed by atoms with Gasteiger partial charge in [0.15, 0.2) is 18.4 Å². The number of aliphatic hydroxyl groups excluding tert-OH is 3. The number of ketones is 1. The number of esters is 1. The maximum Gasteiger partial charge on any atom is 0.330 e. The molecule has 3 aliphatic rings. The van der Waals surface area contributed by atoms with Gasteiger partial charge in [0.05, 0.1) is 24.9 Å². The largest absolute Gasteiger partial charge is 0.456 e. The first kappa shape index (κ1) is 41.4. The number of allylic oxidation sites excluding steroid dienone is 3. The molecule has 0 unspecified atom stereocenters. The molecule has 0 saturated carbocycles. The van der Waals surface area contributed by atoms with Crippen LogP contribution in [0.1, 0.15) is 60.8 Å². The lowest BCUT2D eigenvalue weighted by molar-refractivity contribution is -0.306. The van der Waals surface area contributed by atoms with Gasteiger partial charge >= 0.3 is 5.97 Å². The van der Waals surface area contributed by atoms with E-state index in [4.69, 9.17) is 28.4 Å². The summed E-state index contributed by atoms with van der Waals surface area (Å²) >= 11 is 0. The highest BCUT2D eigenvalue weighted by atomic mass is 16.7. The van der Waals surface area contributed by atoms with Crippen molar-refractivity contribution >= 4 is 11.8 Å². The van der Waals surface area contributed by atoms with Gasteiger partial charge in [0.2, 0.25) is 0 Å². The van der Waals surface area contributed by atoms with Crippen LogP contribution in [0.2, 0.25) is 0 Å². The summed E-state index contributed by atoms with van der Waals surface area (Å²) in [4.78, 5) is 28.4. The molecule has 3 rings (SSSR count). The third-order valence-corrected chi connectivity index (χ3v) is 9.87. The van der Waals surface area contributed by atoms with Crippen LogP contribution >= 0.6 is 0 Å². The van der Waals surface area contributed by atoms with Crippen LogP contribution in [0.3, 0.4) is 0 Å². The third-order valence-electron chi connectivity index (χ3n) is 9.87. The molecule has 0 bridgehead atoms. The van der Waals surface area contributed by atoms with E-state index in [1.165, 1.54) is 37.5 Å². The Labute approximate surface area is 290 Å². The summed E-state index contributed by atoms with van der Waals surface area (Å²) < 4.78 is 35.3. The summed E-state index contributed by atoms with van der Waals surface area (Å²) in [7, 11) is 5.14. The van der Waals surface area contributed by atoms with Crippen molar-refractivity contribution in [1.82, 2.24) is 4.90 Å². The lowest BCUT2D eigenvalue weighted by atomic mass is 9.84. The van der Waals surface area contributed by atoms with Crippen LogP contribution in [-0.2, 0) is 38.0 Å². The van der Waals surface area contributed by atoms with Crippen LogP contribution in [0.25, 0.3) is 0 Å². The summed E-state index contributed by atoms with van der Waals surface area (Å²) in [6, 6.07) is -0.173. The number of ether oxygens (including phenoxy) is 6. The minimum absolute atomic E-state index is 0.126. The number of carbonyl (C=O) groups is 2. The smallest absolute Gasteiger partial charge is 0.330 e. The zero-order valence-corrected chi connectivity index (χ0v) is 30.4. The van der Waals surface area contributed by atoms with Gasteiger partial charge in [0.25, 0.3) is 0 Å². The molecular weight excluding hydrogens is 638 g/mol. The molecule has 3 heterocycles. The van der Waals surface area contributed by atoms with Crippen molar-refractivity contribution in [1.29, 1.82) is 0 Å². The Kier molecular flexibility index (Phi) is 15.6. The van der Waals surface area contributed by atoms with Gasteiger partial charge in [0, 0.05) is 31.1 Å². The molecule has 13 nitrogen and oxygen atoms in total. The van der Waals surface area contributed by atoms with Crippen LogP contribution in [-0.4, -0.2) is 138 Å². The Hall–Kier alpha value is -2.04. The van der Waals surface area contributed by atoms with Crippen LogP contribution in [0.5, 0.6) is 0 Å². The average Bonchev–Trinajstić information content (AvgIpc) is 3.05. The zero-order chi connectivity index (χ0) is 36.6. The molecule has 0 radical (unpaired) electrons. The molecule has 2 fully saturated rings. The molecule has 0 aromatic carbocycles. The Balaban J connectivity index is 1.89. The number of nitrogens with zero attached hydrogens (tertiary/aromatic N) is 1. The molecule has 0 aromatic rings. The number of aliphatic hydroxyl groups is 4. The Bertz CT molecular complexity index is 1160. The fraction of sp³-hybridized carbons (Fsp3) is 0.778. The van der Waals surface area contributed by atoms with E-state index in [9.17, 15) is 30.0 Å². The number of hydrogen-bond acceptors (Lipinski definition) is 13. The number of methoxy groups -OCH3 is 1. The summed E-state index contributed by atoms with van der Waals surface area (Å²) in [6.07, 6.45) is 0.995. The van der Waals surface area contributed by atoms with Gasteiger partial charge in [0.1, 0.15) is 36.1 Å². The van der Waals surface area contributed by atoms with E-state index >= 15 is 0 Å². The molecule has 15 atom stereocenters. The van der Waals surface area contributed by atoms with Crippen molar-refractivity contribution in [3.8, 4) is 0 Å². The quantitative estimate of drug-likeness (QED) is 0.271. The maximum atomic E-state index is 13.2. The molecule has 0 spiro atoms. The van der Waals surface area contributed by atoms with E-state index in [1.807, 2.05) is 46.7 Å². The van der Waals surface area contributed by atoms with E-state index in [-0.39, 0.29) is 42.1 Å². The summed E-state index contributed by atoms with van der Waals surface area (Å²) in [5.41, 5.74) is -1.89. The lowest BCUT2D eigenvalue weighted by Crippen LogP contribution is -2.59. The molecule has 0 aliphatic carbocycles. The van der Waals surface area contributed by atoms with Crippen LogP contribution in [0.4, 0.5) is 0 Å². The second kappa shape index (κ2) is 18.5. The van der Waals surface area contributed by atoms with Gasteiger partial charge in [-0.3, -0.25) is 4.79 Å². The van der Waals surface area contributed by atoms with Gasteiger partial charge in [-0.05, 0) is 65.3 Å². The number of hydrogen-bond donors (Lipinski definition) is 4. The van der Waals surface area contributed by atoms with Crippen molar-refractivity contribution in [2.24, 2.45) is 17.8 Å². The number of carbonyl (C=O) groups excluding carboxylic acids is 2. The van der Waals surface area contributed by atoms with Gasteiger partial charge in [-0.2, -0.15) is 0 Å². The molecule has 3 aliphatic heterocycles. The first-order valence-electron chi connectivity index (χ1n) is 17.3. The summed E-state index contributed by atoms with van der Waals surface area (Å²) in [5.74, 6) is -1.73. The third kappa shape index (κ3) is 10.7. The van der Waals surface area contributed by atoms with Crippen molar-refractivity contribution in [3.63, 3.8) is 0 Å². The fourth-order valence-electron chi connectivity index (χ4n) is 6.84. The minimum atomic E-state index is -1.89. The van der Waals surface area contributed by atoms with Crippen molar-refractivity contribution in [3.05, 3.63) is 36.5 Å². The summed E-state index contributed by atoms with van der Waals surface area (Å²) in [5, 5.41) is 43.8. The van der Waals surface area contributed by atoms with Crippen LogP contribution in [0.15, 0.2) is 36.5 Å². The molecule has 13 heteroatoms. The van der Waals surface area contributed by atoms with Gasteiger partial charge in [-0.1, -0.05) is 45.9 Å². The fourth-order valence-corrected chi connectivity index (χ4v) is 6.84. The Morgan fingerprint density at radius 3 is 2.24 bits per heavy atom. The molecule has 2 saturated heterocycles. The monoisotopic (exact) mass is 697 g/mol. The second-order valence-corrected chi connectivity index (χ2v) is 14.2. The molecule has 0 amide bonds. The lowest BCUT2D eigenvalue weighted by Gasteiger charge is -2.43. The van der Waals surface area contributed by atoms with E-state index < -0.39 is 73.5 Å². The standard InChI is InChI=1S/C36H59NO12/c1-10-27-36(43,19-45-35-33(44-9)31(42)29(40)24(6)47-35)16-12-11-13-26(38)21(3)17-22(4)32(20(2)14-15-28(39)48-27)49-34-30(41)25(37(7)8)18-23(5)46-34/h11-16,20-25,27,29-35,40-43H,10,17-19H2,1-9H3/b13-11+,15-14+,16-12+/t20-,21+,22-,23+,24+,25-,27+,29+,30+,31+,32+,33+,34-,35+,36-/m0/s1. The van der Waals surface area contributed by atoms with Crippen molar-refractivity contribution in [2.45, 2.75) is 134 Å². The van der Waals surface area contributed by atoms with E-state index in [0.29, 0.717) is 12.8 Å². The molecule has 4 N–H and O–H groups in total. The van der Waals surface area contributed by atoms with Crippen molar-refractivity contribution in [2.75, 3.05) is 27.8 Å². The molecule has 0 aromatic heterocycles. The molecule has 49 heavy (non-hydrogen) atoms. The molecular formula is C36H59NO12. The first-order valence-corrected chi connectivity index (χ1v) is 17.3. The predicted molar refractivity (Wildman–Crippen MR) is 180 cm³/mol. The van der Waals surface area contributed by atoms with E-state index in [0.717, 1.165) is 0 Å². The van der Waals surface area contributed by atoms with Crippen LogP contribution < -0.4 is 0 Å². The summed E-state index contributed by atoms with van der Waals surface area (Å²) in [6.45, 7) is 10.5. The second-order valence-electron chi connectivity index (χ2n) is 14.2. The SMILES string of the molecule is CC[C@H]1OC(=O)/C=C/[C@H](C)[C@@H](O[C@@H]2O[C@H](C)C[C@H](N(C)C)[C@H]2O)[C@@H](C)C[C@@H](C)C(=O)/C=C/C=C/[C@]1(O)CO[C@@H]1O[C@H](C)[C@@H](O)[C@@H](O)[C@H]1OC. The van der Waals surface area contributed by atoms with Crippen LogP contribution in [0, 0.1) is 17.8 Å². The maximum absolute atomic E-state index is 13.2. The highest BCUT2D eigenvalue weighted by Gasteiger charge is 2.46. The average molecular weight is 698 g/mol. The highest BCUT2D eigenvalue weighted by Crippen LogP contribution is 2.32. The predicted octanol–water partition coefficient (Wildman–Crippen LogP) is 1.90. The normalized spacial score (nSPS) is 45.1. The number of cyclic esters (lactones) is 1. The zero-order valence-electron chi connectivity index (χ0n) is 30.4. The topological polar surface area (TPSA) is 174 Å². The van der Waals surface area contributed by atoms with Crippen molar-refractivity contribution < 1.29 is 58.4 Å². The number of rotatable bonds is 8. The Morgan fingerprint density at radius 2 is 1.61 bits per heavy atom. The molecule has 280 valence electrons. The first-order chi connectivity index (χ1) is 23.0. The van der Waals surface area contributed by atoms with Gasteiger partial charge in [-0.15, -0.1) is 0 Å². The van der Waals surface area contributed by atoms with Gasteiger partial charge in [-0.25, -0.2) is 4.79 Å². The van der Waals surface area contributed by atoms with E-state index in [2.05, 4.69) is 0 Å². The Morgan fingerprint density at radius 1 is 0.918 bits per heavy atom.